The number of hydrogen-bond acceptors (Lipinski definition) is 3. The van der Waals surface area contributed by atoms with Crippen molar-refractivity contribution in [1.82, 2.24) is 15.1 Å². The quantitative estimate of drug-likeness (QED) is 0.530. The summed E-state index contributed by atoms with van der Waals surface area (Å²) in [5.74, 6) is -0.161. The fraction of sp³-hybridized carbons (Fsp3) is 0.520. The number of carbonyl (C=O) groups is 2. The van der Waals surface area contributed by atoms with E-state index in [0.29, 0.717) is 19.6 Å². The van der Waals surface area contributed by atoms with E-state index in [1.807, 2.05) is 39.8 Å². The molecule has 1 atom stereocenters. The van der Waals surface area contributed by atoms with Gasteiger partial charge >= 0.3 is 6.03 Å². The fourth-order valence-electron chi connectivity index (χ4n) is 3.19. The Morgan fingerprint density at radius 3 is 2.25 bits per heavy atom. The SMILES string of the molecule is CCC(C)CN(CC(=O)N(Cc1ccc(F)cc1)Cc1ccc(C)s1)C(=O)NC(C)(C)C. The monoisotopic (exact) mass is 461 g/mol. The first kappa shape index (κ1) is 25.8. The number of carbonyl (C=O) groups excluding carboxylic acids is 2. The zero-order valence-corrected chi connectivity index (χ0v) is 20.9. The summed E-state index contributed by atoms with van der Waals surface area (Å²) in [6.45, 7) is 13.3. The number of aryl methyl sites for hydroxylation is 1. The molecule has 0 bridgehead atoms. The molecule has 32 heavy (non-hydrogen) atoms. The molecule has 0 saturated heterocycles. The summed E-state index contributed by atoms with van der Waals surface area (Å²) in [7, 11) is 0. The maximum atomic E-state index is 13.4. The normalized spacial score (nSPS) is 12.3. The molecule has 3 amide bonds. The maximum absolute atomic E-state index is 13.4. The Bertz CT molecular complexity index is 889. The first-order valence-electron chi connectivity index (χ1n) is 11.1. The topological polar surface area (TPSA) is 52.7 Å². The first-order valence-corrected chi connectivity index (χ1v) is 11.9. The lowest BCUT2D eigenvalue weighted by atomic mass is 10.1. The third-order valence-electron chi connectivity index (χ3n) is 5.11. The van der Waals surface area contributed by atoms with Gasteiger partial charge in [0.15, 0.2) is 0 Å². The highest BCUT2D eigenvalue weighted by Gasteiger charge is 2.25. The molecule has 1 N–H and O–H groups in total. The number of thiophene rings is 1. The Balaban J connectivity index is 2.22. The highest BCUT2D eigenvalue weighted by molar-refractivity contribution is 7.11. The molecule has 0 aliphatic carbocycles. The van der Waals surface area contributed by atoms with Crippen molar-refractivity contribution in [2.45, 2.75) is 66.6 Å². The van der Waals surface area contributed by atoms with Crippen molar-refractivity contribution >= 4 is 23.3 Å². The number of rotatable bonds is 9. The van der Waals surface area contributed by atoms with Crippen LogP contribution in [0.25, 0.3) is 0 Å². The van der Waals surface area contributed by atoms with Crippen molar-refractivity contribution in [3.05, 3.63) is 57.5 Å². The molecule has 0 saturated carbocycles. The molecule has 5 nitrogen and oxygen atoms in total. The highest BCUT2D eigenvalue weighted by Crippen LogP contribution is 2.19. The zero-order valence-electron chi connectivity index (χ0n) is 20.1. The van der Waals surface area contributed by atoms with Gasteiger partial charge in [-0.05, 0) is 63.4 Å². The third kappa shape index (κ3) is 8.61. The van der Waals surface area contributed by atoms with Crippen LogP contribution in [0.15, 0.2) is 36.4 Å². The van der Waals surface area contributed by atoms with Gasteiger partial charge in [-0.1, -0.05) is 32.4 Å². The van der Waals surface area contributed by atoms with E-state index < -0.39 is 5.54 Å². The van der Waals surface area contributed by atoms with Crippen LogP contribution in [0.3, 0.4) is 0 Å². The Labute approximate surface area is 195 Å². The molecule has 0 aliphatic heterocycles. The van der Waals surface area contributed by atoms with Crippen LogP contribution in [0, 0.1) is 18.7 Å². The molecule has 1 aromatic carbocycles. The number of urea groups is 1. The van der Waals surface area contributed by atoms with E-state index in [9.17, 15) is 14.0 Å². The highest BCUT2D eigenvalue weighted by atomic mass is 32.1. The van der Waals surface area contributed by atoms with Gasteiger partial charge in [0.25, 0.3) is 0 Å². The molecule has 1 unspecified atom stereocenters. The van der Waals surface area contributed by atoms with Crippen molar-refractivity contribution in [2.24, 2.45) is 5.92 Å². The summed E-state index contributed by atoms with van der Waals surface area (Å²) in [4.78, 5) is 31.9. The number of hydrogen-bond donors (Lipinski definition) is 1. The second-order valence-electron chi connectivity index (χ2n) is 9.46. The van der Waals surface area contributed by atoms with Gasteiger partial charge in [-0.3, -0.25) is 4.79 Å². The predicted molar refractivity (Wildman–Crippen MR) is 129 cm³/mol. The van der Waals surface area contributed by atoms with E-state index in [2.05, 4.69) is 19.2 Å². The fourth-order valence-corrected chi connectivity index (χ4v) is 4.09. The Kier molecular flexibility index (Phi) is 9.25. The second-order valence-corrected chi connectivity index (χ2v) is 10.8. The number of nitrogens with zero attached hydrogens (tertiary/aromatic N) is 2. The lowest BCUT2D eigenvalue weighted by molar-refractivity contribution is -0.133. The van der Waals surface area contributed by atoms with Crippen molar-refractivity contribution in [2.75, 3.05) is 13.1 Å². The van der Waals surface area contributed by atoms with E-state index in [0.717, 1.165) is 16.9 Å². The molecule has 0 aliphatic rings. The summed E-state index contributed by atoms with van der Waals surface area (Å²) in [6.07, 6.45) is 0.918. The molecule has 0 fully saturated rings. The van der Waals surface area contributed by atoms with Gasteiger partial charge in [-0.15, -0.1) is 11.3 Å². The molecule has 0 spiro atoms. The van der Waals surface area contributed by atoms with Crippen molar-refractivity contribution in [3.63, 3.8) is 0 Å². The van der Waals surface area contributed by atoms with Crippen molar-refractivity contribution in [1.29, 1.82) is 0 Å². The van der Waals surface area contributed by atoms with E-state index in [4.69, 9.17) is 0 Å². The summed E-state index contributed by atoms with van der Waals surface area (Å²) >= 11 is 1.65. The van der Waals surface area contributed by atoms with Gasteiger partial charge in [0.1, 0.15) is 12.4 Å². The van der Waals surface area contributed by atoms with E-state index in [1.54, 1.807) is 33.3 Å². The van der Waals surface area contributed by atoms with Crippen LogP contribution in [0.4, 0.5) is 9.18 Å². The zero-order chi connectivity index (χ0) is 23.9. The van der Waals surface area contributed by atoms with Crippen LogP contribution in [0.5, 0.6) is 0 Å². The predicted octanol–water partition coefficient (Wildman–Crippen LogP) is 5.58. The lowest BCUT2D eigenvalue weighted by Crippen LogP contribution is -2.52. The van der Waals surface area contributed by atoms with E-state index in [-0.39, 0.29) is 30.2 Å². The molecule has 1 aromatic heterocycles. The molecule has 1 heterocycles. The molecular formula is C25H36FN3O2S. The Morgan fingerprint density at radius 1 is 1.06 bits per heavy atom. The number of halogens is 1. The molecular weight excluding hydrogens is 425 g/mol. The minimum atomic E-state index is -0.393. The summed E-state index contributed by atoms with van der Waals surface area (Å²) < 4.78 is 13.4. The number of amides is 3. The average Bonchev–Trinajstić information content (AvgIpc) is 3.11. The van der Waals surface area contributed by atoms with E-state index in [1.165, 1.54) is 17.0 Å². The van der Waals surface area contributed by atoms with Crippen LogP contribution in [0.2, 0.25) is 0 Å². The van der Waals surface area contributed by atoms with Crippen molar-refractivity contribution < 1.29 is 14.0 Å². The molecule has 2 rings (SSSR count). The molecule has 7 heteroatoms. The van der Waals surface area contributed by atoms with Crippen LogP contribution < -0.4 is 5.32 Å². The lowest BCUT2D eigenvalue weighted by Gasteiger charge is -2.32. The standard InChI is InChI=1S/C25H36FN3O2S/c1-7-18(2)14-29(24(31)27-25(4,5)6)17-23(30)28(16-22-13-8-19(3)32-22)15-20-9-11-21(26)12-10-20/h8-13,18H,7,14-17H2,1-6H3,(H,27,31). The van der Waals surface area contributed by atoms with Crippen LogP contribution in [0.1, 0.15) is 56.4 Å². The van der Waals surface area contributed by atoms with Crippen molar-refractivity contribution in [3.8, 4) is 0 Å². The smallest absolute Gasteiger partial charge is 0.318 e. The van der Waals surface area contributed by atoms with Crippen LogP contribution in [-0.4, -0.2) is 40.4 Å². The minimum absolute atomic E-state index is 0.00218. The number of nitrogens with one attached hydrogen (secondary N) is 1. The molecule has 2 aromatic rings. The molecule has 0 radical (unpaired) electrons. The number of benzene rings is 1. The van der Waals surface area contributed by atoms with Gasteiger partial charge in [-0.2, -0.15) is 0 Å². The second kappa shape index (κ2) is 11.5. The average molecular weight is 462 g/mol. The van der Waals surface area contributed by atoms with Gasteiger partial charge in [0.2, 0.25) is 5.91 Å². The minimum Gasteiger partial charge on any atom is -0.333 e. The maximum Gasteiger partial charge on any atom is 0.318 e. The van der Waals surface area contributed by atoms with Gasteiger partial charge in [0.05, 0.1) is 6.54 Å². The summed E-state index contributed by atoms with van der Waals surface area (Å²) in [5.41, 5.74) is 0.455. The van der Waals surface area contributed by atoms with E-state index >= 15 is 0 Å². The third-order valence-corrected chi connectivity index (χ3v) is 6.09. The van der Waals surface area contributed by atoms with Crippen LogP contribution in [-0.2, 0) is 17.9 Å². The summed E-state index contributed by atoms with van der Waals surface area (Å²) in [6, 6.07) is 10.0. The van der Waals surface area contributed by atoms with Gasteiger partial charge in [-0.25, -0.2) is 9.18 Å². The first-order chi connectivity index (χ1) is 15.0. The van der Waals surface area contributed by atoms with Crippen LogP contribution >= 0.6 is 11.3 Å². The summed E-state index contributed by atoms with van der Waals surface area (Å²) in [5, 5.41) is 2.98. The molecule has 176 valence electrons. The largest absolute Gasteiger partial charge is 0.333 e. The van der Waals surface area contributed by atoms with Gasteiger partial charge in [0, 0.05) is 28.4 Å². The Hall–Kier alpha value is -2.41. The van der Waals surface area contributed by atoms with Gasteiger partial charge < -0.3 is 15.1 Å². The Morgan fingerprint density at radius 2 is 1.72 bits per heavy atom.